The van der Waals surface area contributed by atoms with E-state index in [4.69, 9.17) is 0 Å². The van der Waals surface area contributed by atoms with Crippen LogP contribution >= 0.6 is 0 Å². The van der Waals surface area contributed by atoms with Crippen LogP contribution in [0.3, 0.4) is 0 Å². The lowest BCUT2D eigenvalue weighted by Gasteiger charge is -2.08. The van der Waals surface area contributed by atoms with Gasteiger partial charge in [-0.05, 0) is 26.3 Å². The summed E-state index contributed by atoms with van der Waals surface area (Å²) in [6.07, 6.45) is 3.73. The minimum atomic E-state index is 0.417. The van der Waals surface area contributed by atoms with Gasteiger partial charge in [0.25, 0.3) is 0 Å². The minimum absolute atomic E-state index is 0.417. The molecule has 0 atom stereocenters. The van der Waals surface area contributed by atoms with Gasteiger partial charge in [-0.15, -0.1) is 0 Å². The maximum Gasteiger partial charge on any atom is 0.145 e. The van der Waals surface area contributed by atoms with Crippen molar-refractivity contribution in [2.24, 2.45) is 0 Å². The Morgan fingerprint density at radius 3 is 2.41 bits per heavy atom. The van der Waals surface area contributed by atoms with Gasteiger partial charge in [0.05, 0.1) is 5.39 Å². The Bertz CT molecular complexity index is 485. The third-order valence-corrected chi connectivity index (χ3v) is 2.59. The van der Waals surface area contributed by atoms with Gasteiger partial charge in [-0.25, -0.2) is 9.97 Å². The Hall–Kier alpha value is -1.58. The number of nitrogens with one attached hydrogen (secondary N) is 1. The number of hydrogen-bond acceptors (Lipinski definition) is 3. The van der Waals surface area contributed by atoms with Gasteiger partial charge in [0.15, 0.2) is 0 Å². The van der Waals surface area contributed by atoms with Crippen molar-refractivity contribution in [3.63, 3.8) is 0 Å². The molecule has 2 heterocycles. The van der Waals surface area contributed by atoms with Crippen LogP contribution in [0.5, 0.6) is 0 Å². The fourth-order valence-electron chi connectivity index (χ4n) is 1.85. The topological polar surface area (TPSA) is 42.7 Å². The van der Waals surface area contributed by atoms with E-state index in [1.165, 1.54) is 5.56 Å². The lowest BCUT2D eigenvalue weighted by atomic mass is 10.2. The molecule has 4 heteroatoms. The summed E-state index contributed by atoms with van der Waals surface area (Å²) in [7, 11) is 1.88. The fourth-order valence-corrected chi connectivity index (χ4v) is 1.85. The van der Waals surface area contributed by atoms with Crippen LogP contribution in [-0.2, 0) is 0 Å². The van der Waals surface area contributed by atoms with E-state index in [2.05, 4.69) is 46.8 Å². The van der Waals surface area contributed by atoms with Crippen LogP contribution in [0.25, 0.3) is 11.0 Å². The lowest BCUT2D eigenvalue weighted by Crippen LogP contribution is -2.01. The van der Waals surface area contributed by atoms with Crippen molar-refractivity contribution >= 4 is 16.9 Å². The van der Waals surface area contributed by atoms with E-state index in [0.717, 1.165) is 16.9 Å². The van der Waals surface area contributed by atoms with Gasteiger partial charge in [0, 0.05) is 19.3 Å². The van der Waals surface area contributed by atoms with Crippen LogP contribution in [0.2, 0.25) is 0 Å². The summed E-state index contributed by atoms with van der Waals surface area (Å²) in [6, 6.07) is 0.417. The third-order valence-electron chi connectivity index (χ3n) is 2.59. The second-order valence-corrected chi connectivity index (χ2v) is 3.98. The first kappa shape index (κ1) is 13.5. The molecule has 0 fully saturated rings. The van der Waals surface area contributed by atoms with Crippen LogP contribution < -0.4 is 5.32 Å². The average Bonchev–Trinajstić information content (AvgIpc) is 2.70. The normalized spacial score (nSPS) is 10.3. The highest BCUT2D eigenvalue weighted by molar-refractivity contribution is 5.90. The molecule has 0 saturated heterocycles. The van der Waals surface area contributed by atoms with Crippen molar-refractivity contribution in [1.82, 2.24) is 14.5 Å². The van der Waals surface area contributed by atoms with E-state index >= 15 is 0 Å². The molecule has 2 rings (SSSR count). The Morgan fingerprint density at radius 1 is 1.24 bits per heavy atom. The summed E-state index contributed by atoms with van der Waals surface area (Å²) in [5.41, 5.74) is 2.21. The molecular formula is C13H22N4. The number of hydrogen-bond donors (Lipinski definition) is 1. The molecule has 1 N–H and O–H groups in total. The number of rotatable bonds is 2. The Kier molecular flexibility index (Phi) is 4.49. The van der Waals surface area contributed by atoms with Gasteiger partial charge in [-0.1, -0.05) is 13.8 Å². The van der Waals surface area contributed by atoms with Crippen molar-refractivity contribution in [3.8, 4) is 0 Å². The Morgan fingerprint density at radius 2 is 1.88 bits per heavy atom. The summed E-state index contributed by atoms with van der Waals surface area (Å²) in [5, 5.41) is 4.22. The predicted molar refractivity (Wildman–Crippen MR) is 73.5 cm³/mol. The van der Waals surface area contributed by atoms with E-state index in [9.17, 15) is 0 Å². The van der Waals surface area contributed by atoms with Gasteiger partial charge in [-0.2, -0.15) is 0 Å². The van der Waals surface area contributed by atoms with Gasteiger partial charge >= 0.3 is 0 Å². The van der Waals surface area contributed by atoms with E-state index in [0.29, 0.717) is 6.04 Å². The molecular weight excluding hydrogens is 212 g/mol. The number of fused-ring (bicyclic) bond motifs is 1. The zero-order chi connectivity index (χ0) is 13.0. The SMILES string of the molecule is CC.CNc1ncnc2c1c(C)cn2C(C)C. The smallest absolute Gasteiger partial charge is 0.145 e. The zero-order valence-electron chi connectivity index (χ0n) is 11.6. The molecule has 4 nitrogen and oxygen atoms in total. The molecule has 2 aromatic heterocycles. The quantitative estimate of drug-likeness (QED) is 0.866. The minimum Gasteiger partial charge on any atom is -0.372 e. The second-order valence-electron chi connectivity index (χ2n) is 3.98. The molecule has 0 aliphatic heterocycles. The highest BCUT2D eigenvalue weighted by Gasteiger charge is 2.12. The molecule has 0 radical (unpaired) electrons. The van der Waals surface area contributed by atoms with Crippen molar-refractivity contribution < 1.29 is 0 Å². The molecule has 0 aromatic carbocycles. The monoisotopic (exact) mass is 234 g/mol. The van der Waals surface area contributed by atoms with Crippen LogP contribution in [0.15, 0.2) is 12.5 Å². The first-order chi connectivity index (χ1) is 8.15. The third kappa shape index (κ3) is 2.40. The van der Waals surface area contributed by atoms with E-state index in [1.54, 1.807) is 6.33 Å². The number of nitrogens with zero attached hydrogens (tertiary/aromatic N) is 3. The summed E-state index contributed by atoms with van der Waals surface area (Å²) in [5.74, 6) is 0.900. The number of aromatic nitrogens is 3. The van der Waals surface area contributed by atoms with Gasteiger partial charge in [-0.3, -0.25) is 0 Å². The summed E-state index contributed by atoms with van der Waals surface area (Å²) >= 11 is 0. The van der Waals surface area contributed by atoms with Crippen LogP contribution in [-0.4, -0.2) is 21.6 Å². The first-order valence-corrected chi connectivity index (χ1v) is 6.15. The standard InChI is InChI=1S/C11H16N4.C2H6/c1-7(2)15-5-8(3)9-10(12-4)13-6-14-11(9)15;1-2/h5-7H,1-4H3,(H,12,13,14);1-2H3. The van der Waals surface area contributed by atoms with Crippen molar-refractivity contribution in [2.45, 2.75) is 40.7 Å². The molecule has 2 aromatic rings. The predicted octanol–water partition coefficient (Wildman–Crippen LogP) is 3.39. The zero-order valence-corrected chi connectivity index (χ0v) is 11.6. The molecule has 0 bridgehead atoms. The van der Waals surface area contributed by atoms with E-state index in [-0.39, 0.29) is 0 Å². The molecule has 0 amide bonds. The molecule has 0 saturated carbocycles. The van der Waals surface area contributed by atoms with Crippen molar-refractivity contribution in [3.05, 3.63) is 18.1 Å². The van der Waals surface area contributed by atoms with E-state index in [1.807, 2.05) is 20.9 Å². The van der Waals surface area contributed by atoms with E-state index < -0.39 is 0 Å². The maximum absolute atomic E-state index is 4.34. The number of anilines is 1. The van der Waals surface area contributed by atoms with Crippen molar-refractivity contribution in [1.29, 1.82) is 0 Å². The summed E-state index contributed by atoms with van der Waals surface area (Å²) in [6.45, 7) is 10.4. The Labute approximate surface area is 103 Å². The first-order valence-electron chi connectivity index (χ1n) is 6.15. The molecule has 0 aliphatic rings. The van der Waals surface area contributed by atoms with Crippen molar-refractivity contribution in [2.75, 3.05) is 12.4 Å². The van der Waals surface area contributed by atoms with Gasteiger partial charge < -0.3 is 9.88 Å². The highest BCUT2D eigenvalue weighted by Crippen LogP contribution is 2.26. The molecule has 0 unspecified atom stereocenters. The fraction of sp³-hybridized carbons (Fsp3) is 0.538. The maximum atomic E-state index is 4.34. The molecule has 0 spiro atoms. The van der Waals surface area contributed by atoms with Crippen LogP contribution in [0.1, 0.15) is 39.3 Å². The van der Waals surface area contributed by atoms with Crippen LogP contribution in [0.4, 0.5) is 5.82 Å². The molecule has 17 heavy (non-hydrogen) atoms. The number of aryl methyl sites for hydroxylation is 1. The largest absolute Gasteiger partial charge is 0.372 e. The molecule has 94 valence electrons. The van der Waals surface area contributed by atoms with Crippen LogP contribution in [0, 0.1) is 6.92 Å². The van der Waals surface area contributed by atoms with Gasteiger partial charge in [0.1, 0.15) is 17.8 Å². The summed E-state index contributed by atoms with van der Waals surface area (Å²) in [4.78, 5) is 8.57. The lowest BCUT2D eigenvalue weighted by molar-refractivity contribution is 0.616. The summed E-state index contributed by atoms with van der Waals surface area (Å²) < 4.78 is 2.17. The molecule has 0 aliphatic carbocycles. The Balaban J connectivity index is 0.000000686. The highest BCUT2D eigenvalue weighted by atomic mass is 15.1. The average molecular weight is 234 g/mol. The van der Waals surface area contributed by atoms with Gasteiger partial charge in [0.2, 0.25) is 0 Å². The second kappa shape index (κ2) is 5.66.